The van der Waals surface area contributed by atoms with Gasteiger partial charge in [-0.15, -0.1) is 0 Å². The molecule has 0 radical (unpaired) electrons. The largest absolute Gasteiger partial charge is 0.507 e. The molecule has 0 aromatic heterocycles. The molecule has 1 unspecified atom stereocenters. The van der Waals surface area contributed by atoms with Crippen molar-refractivity contribution in [1.82, 2.24) is 4.90 Å². The summed E-state index contributed by atoms with van der Waals surface area (Å²) in [4.78, 5) is 28.2. The van der Waals surface area contributed by atoms with Gasteiger partial charge in [-0.2, -0.15) is 0 Å². The Hall–Kier alpha value is -4.84. The second-order valence-corrected chi connectivity index (χ2v) is 9.22. The van der Waals surface area contributed by atoms with E-state index >= 15 is 0 Å². The Bertz CT molecular complexity index is 1480. The molecule has 1 aliphatic heterocycles. The topological polar surface area (TPSA) is 76.1 Å². The molecule has 196 valence electrons. The number of aliphatic hydroxyl groups excluding tert-OH is 1. The summed E-state index contributed by atoms with van der Waals surface area (Å²) in [6.45, 7) is 2.97. The lowest BCUT2D eigenvalue weighted by Crippen LogP contribution is -2.29. The molecule has 0 saturated carbocycles. The minimum absolute atomic E-state index is 0.0440. The number of rotatable bonds is 9. The molecule has 1 heterocycles. The van der Waals surface area contributed by atoms with Gasteiger partial charge in [0.2, 0.25) is 0 Å². The third kappa shape index (κ3) is 5.70. The van der Waals surface area contributed by atoms with E-state index in [9.17, 15) is 14.7 Å². The van der Waals surface area contributed by atoms with E-state index in [-0.39, 0.29) is 17.9 Å². The Balaban J connectivity index is 1.52. The average Bonchev–Trinajstić information content (AvgIpc) is 3.22. The fourth-order valence-corrected chi connectivity index (χ4v) is 4.71. The predicted molar refractivity (Wildman–Crippen MR) is 149 cm³/mol. The maximum atomic E-state index is 13.4. The number of benzene rings is 4. The summed E-state index contributed by atoms with van der Waals surface area (Å²) in [6.07, 6.45) is 0. The number of aliphatic hydroxyl groups is 1. The number of carbonyl (C=O) groups excluding carboxylic acids is 2. The number of ketones is 1. The minimum Gasteiger partial charge on any atom is -0.507 e. The van der Waals surface area contributed by atoms with Gasteiger partial charge in [-0.25, -0.2) is 0 Å². The van der Waals surface area contributed by atoms with Gasteiger partial charge in [0.25, 0.3) is 11.7 Å². The molecule has 0 spiro atoms. The average molecular weight is 520 g/mol. The molecule has 1 saturated heterocycles. The molecule has 4 aromatic rings. The summed E-state index contributed by atoms with van der Waals surface area (Å²) >= 11 is 0. The van der Waals surface area contributed by atoms with Crippen LogP contribution >= 0.6 is 0 Å². The first-order valence-corrected chi connectivity index (χ1v) is 12.9. The van der Waals surface area contributed by atoms with Crippen molar-refractivity contribution in [3.63, 3.8) is 0 Å². The van der Waals surface area contributed by atoms with Crippen LogP contribution in [0, 0.1) is 0 Å². The number of hydrogen-bond donors (Lipinski definition) is 1. The molecule has 1 amide bonds. The van der Waals surface area contributed by atoms with Crippen molar-refractivity contribution in [2.75, 3.05) is 6.61 Å². The van der Waals surface area contributed by atoms with Gasteiger partial charge in [-0.1, -0.05) is 84.9 Å². The van der Waals surface area contributed by atoms with Crippen LogP contribution in [0.2, 0.25) is 0 Å². The Kier molecular flexibility index (Phi) is 7.73. The number of hydrogen-bond acceptors (Lipinski definition) is 5. The van der Waals surface area contributed by atoms with Crippen molar-refractivity contribution >= 4 is 17.4 Å². The van der Waals surface area contributed by atoms with Crippen LogP contribution in [0.1, 0.15) is 35.2 Å². The van der Waals surface area contributed by atoms with E-state index in [1.165, 1.54) is 4.90 Å². The molecular formula is C33H29NO5. The highest BCUT2D eigenvalue weighted by atomic mass is 16.5. The first kappa shape index (κ1) is 25.8. The third-order valence-electron chi connectivity index (χ3n) is 6.60. The van der Waals surface area contributed by atoms with Gasteiger partial charge < -0.3 is 19.5 Å². The van der Waals surface area contributed by atoms with Crippen molar-refractivity contribution in [3.05, 3.63) is 137 Å². The van der Waals surface area contributed by atoms with E-state index < -0.39 is 17.7 Å². The van der Waals surface area contributed by atoms with Gasteiger partial charge in [-0.3, -0.25) is 9.59 Å². The maximum absolute atomic E-state index is 13.4. The fourth-order valence-electron chi connectivity index (χ4n) is 4.71. The van der Waals surface area contributed by atoms with Crippen molar-refractivity contribution in [3.8, 4) is 11.5 Å². The summed E-state index contributed by atoms with van der Waals surface area (Å²) in [5, 5.41) is 11.4. The maximum Gasteiger partial charge on any atom is 0.295 e. The van der Waals surface area contributed by atoms with Crippen LogP contribution in [-0.2, 0) is 22.7 Å². The number of nitrogens with zero attached hydrogens (tertiary/aromatic N) is 1. The van der Waals surface area contributed by atoms with Gasteiger partial charge in [0.1, 0.15) is 23.9 Å². The SMILES string of the molecule is CCOc1cccc(/C(O)=C2\C(=O)C(=O)N(Cc3ccccc3)C2c2ccc(OCc3ccccc3)cc2)c1. The predicted octanol–water partition coefficient (Wildman–Crippen LogP) is 6.29. The zero-order valence-corrected chi connectivity index (χ0v) is 21.6. The van der Waals surface area contributed by atoms with Crippen LogP contribution in [0.25, 0.3) is 5.76 Å². The Morgan fingerprint density at radius 1 is 0.769 bits per heavy atom. The van der Waals surface area contributed by atoms with Crippen LogP contribution in [0.3, 0.4) is 0 Å². The summed E-state index contributed by atoms with van der Waals surface area (Å²) in [6, 6.07) is 32.7. The zero-order chi connectivity index (χ0) is 27.2. The normalized spacial score (nSPS) is 16.3. The lowest BCUT2D eigenvalue weighted by Gasteiger charge is -2.25. The van der Waals surface area contributed by atoms with Gasteiger partial charge in [-0.05, 0) is 47.9 Å². The van der Waals surface area contributed by atoms with E-state index in [4.69, 9.17) is 9.47 Å². The second kappa shape index (κ2) is 11.7. The van der Waals surface area contributed by atoms with Gasteiger partial charge >= 0.3 is 0 Å². The lowest BCUT2D eigenvalue weighted by molar-refractivity contribution is -0.140. The Labute approximate surface area is 227 Å². The van der Waals surface area contributed by atoms with Crippen LogP contribution in [0.5, 0.6) is 11.5 Å². The molecule has 0 bridgehead atoms. The van der Waals surface area contributed by atoms with E-state index in [0.29, 0.717) is 35.8 Å². The number of carbonyl (C=O) groups is 2. The molecule has 1 atom stereocenters. The second-order valence-electron chi connectivity index (χ2n) is 9.22. The summed E-state index contributed by atoms with van der Waals surface area (Å²) in [5.41, 5.74) is 3.08. The molecule has 1 aliphatic rings. The van der Waals surface area contributed by atoms with E-state index in [1.54, 1.807) is 24.3 Å². The number of amides is 1. The van der Waals surface area contributed by atoms with E-state index in [1.807, 2.05) is 91.9 Å². The van der Waals surface area contributed by atoms with E-state index in [0.717, 1.165) is 11.1 Å². The van der Waals surface area contributed by atoms with Crippen molar-refractivity contribution in [2.45, 2.75) is 26.1 Å². The highest BCUT2D eigenvalue weighted by Gasteiger charge is 2.46. The van der Waals surface area contributed by atoms with Crippen molar-refractivity contribution < 1.29 is 24.2 Å². The van der Waals surface area contributed by atoms with Gasteiger partial charge in [0.05, 0.1) is 18.2 Å². The highest BCUT2D eigenvalue weighted by Crippen LogP contribution is 2.41. The molecule has 1 fully saturated rings. The van der Waals surface area contributed by atoms with Crippen LogP contribution in [0.15, 0.2) is 115 Å². The number of Topliss-reactive ketones (excluding diaryl/α,β-unsaturated/α-hetero) is 1. The first-order chi connectivity index (χ1) is 19.0. The van der Waals surface area contributed by atoms with Gasteiger partial charge in [0.15, 0.2) is 0 Å². The molecule has 6 nitrogen and oxygen atoms in total. The van der Waals surface area contributed by atoms with Crippen molar-refractivity contribution in [1.29, 1.82) is 0 Å². The van der Waals surface area contributed by atoms with Crippen molar-refractivity contribution in [2.24, 2.45) is 0 Å². The zero-order valence-electron chi connectivity index (χ0n) is 21.6. The quantitative estimate of drug-likeness (QED) is 0.160. The molecular weight excluding hydrogens is 490 g/mol. The Morgan fingerprint density at radius 3 is 2.10 bits per heavy atom. The van der Waals surface area contributed by atoms with E-state index in [2.05, 4.69) is 0 Å². The molecule has 4 aromatic carbocycles. The highest BCUT2D eigenvalue weighted by molar-refractivity contribution is 6.46. The lowest BCUT2D eigenvalue weighted by atomic mass is 9.95. The summed E-state index contributed by atoms with van der Waals surface area (Å²) < 4.78 is 11.5. The molecule has 1 N–H and O–H groups in total. The molecule has 6 heteroatoms. The minimum atomic E-state index is -0.774. The van der Waals surface area contributed by atoms with Crippen LogP contribution in [0.4, 0.5) is 0 Å². The molecule has 39 heavy (non-hydrogen) atoms. The molecule has 5 rings (SSSR count). The standard InChI is InChI=1S/C33H29NO5/c1-2-38-28-15-9-14-26(20-28)31(35)29-30(34(33(37)32(29)36)21-23-10-5-3-6-11-23)25-16-18-27(19-17-25)39-22-24-12-7-4-8-13-24/h3-20,30,35H,2,21-22H2,1H3/b31-29+. The number of likely N-dealkylation sites (tertiary alicyclic amines) is 1. The molecule has 0 aliphatic carbocycles. The van der Waals surface area contributed by atoms with Crippen LogP contribution in [-0.4, -0.2) is 28.3 Å². The first-order valence-electron chi connectivity index (χ1n) is 12.9. The summed E-state index contributed by atoms with van der Waals surface area (Å²) in [5.74, 6) is -0.390. The fraction of sp³-hybridized carbons (Fsp3) is 0.152. The Morgan fingerprint density at radius 2 is 1.44 bits per heavy atom. The summed E-state index contributed by atoms with van der Waals surface area (Å²) in [7, 11) is 0. The monoisotopic (exact) mass is 519 g/mol. The van der Waals surface area contributed by atoms with Crippen LogP contribution < -0.4 is 9.47 Å². The van der Waals surface area contributed by atoms with Gasteiger partial charge in [0, 0.05) is 12.1 Å². The third-order valence-corrected chi connectivity index (χ3v) is 6.60. The number of ether oxygens (including phenoxy) is 2. The smallest absolute Gasteiger partial charge is 0.295 e.